The lowest BCUT2D eigenvalue weighted by Crippen LogP contribution is -2.52. The maximum Gasteiger partial charge on any atom is 0.261 e. The number of carbonyl (C=O) groups excluding carboxylic acids is 3. The number of alkyl halides is 2. The van der Waals surface area contributed by atoms with Gasteiger partial charge in [-0.25, -0.2) is 8.78 Å². The van der Waals surface area contributed by atoms with Gasteiger partial charge in [-0.1, -0.05) is 12.1 Å². The van der Waals surface area contributed by atoms with E-state index in [1.54, 1.807) is 6.07 Å². The van der Waals surface area contributed by atoms with E-state index in [4.69, 9.17) is 0 Å². The molecule has 2 saturated heterocycles. The number of nitrogens with one attached hydrogen (secondary N) is 3. The summed E-state index contributed by atoms with van der Waals surface area (Å²) < 4.78 is 27.0. The van der Waals surface area contributed by atoms with E-state index in [0.717, 1.165) is 11.1 Å². The average Bonchev–Trinajstić information content (AvgIpc) is 2.95. The Morgan fingerprint density at radius 3 is 2.82 bits per heavy atom. The Morgan fingerprint density at radius 1 is 1.25 bits per heavy atom. The molecule has 0 radical (unpaired) electrons. The highest BCUT2D eigenvalue weighted by atomic mass is 19.3. The Hall–Kier alpha value is -2.39. The molecule has 2 fully saturated rings. The molecule has 3 heterocycles. The van der Waals surface area contributed by atoms with Crippen LogP contribution < -0.4 is 16.0 Å². The summed E-state index contributed by atoms with van der Waals surface area (Å²) in [6.07, 6.45) is 0.320. The van der Waals surface area contributed by atoms with Gasteiger partial charge in [0.2, 0.25) is 11.8 Å². The number of amides is 3. The van der Waals surface area contributed by atoms with Crippen molar-refractivity contribution in [3.05, 3.63) is 34.9 Å². The zero-order chi connectivity index (χ0) is 19.9. The number of piperidine rings is 2. The first-order valence-corrected chi connectivity index (χ1v) is 9.41. The van der Waals surface area contributed by atoms with Crippen LogP contribution in [0.3, 0.4) is 0 Å². The van der Waals surface area contributed by atoms with Gasteiger partial charge in [-0.15, -0.1) is 0 Å². The summed E-state index contributed by atoms with van der Waals surface area (Å²) in [6, 6.07) is 4.47. The molecule has 0 saturated carbocycles. The number of nitrogens with zero attached hydrogens (tertiary/aromatic N) is 1. The highest BCUT2D eigenvalue weighted by Gasteiger charge is 2.39. The monoisotopic (exact) mass is 392 g/mol. The Morgan fingerprint density at radius 2 is 2.07 bits per heavy atom. The molecule has 4 rings (SSSR count). The minimum atomic E-state index is -2.72. The number of imide groups is 1. The smallest absolute Gasteiger partial charge is 0.261 e. The molecule has 0 aromatic heterocycles. The second kappa shape index (κ2) is 7.21. The van der Waals surface area contributed by atoms with E-state index in [0.29, 0.717) is 31.6 Å². The molecule has 2 atom stereocenters. The van der Waals surface area contributed by atoms with Crippen molar-refractivity contribution in [3.63, 3.8) is 0 Å². The lowest BCUT2D eigenvalue weighted by Gasteiger charge is -2.30. The fraction of sp³-hybridized carbons (Fsp3) is 0.526. The molecule has 7 nitrogen and oxygen atoms in total. The number of rotatable bonds is 4. The van der Waals surface area contributed by atoms with Crippen LogP contribution in [-0.2, 0) is 22.7 Å². The second-order valence-corrected chi connectivity index (χ2v) is 7.66. The Bertz CT molecular complexity index is 829. The van der Waals surface area contributed by atoms with Crippen LogP contribution >= 0.6 is 0 Å². The fourth-order valence-electron chi connectivity index (χ4n) is 4.05. The van der Waals surface area contributed by atoms with Crippen molar-refractivity contribution < 1.29 is 23.2 Å². The van der Waals surface area contributed by atoms with E-state index in [9.17, 15) is 23.2 Å². The Labute approximate surface area is 160 Å². The number of carbonyl (C=O) groups is 3. The third-order valence-corrected chi connectivity index (χ3v) is 5.51. The van der Waals surface area contributed by atoms with Gasteiger partial charge in [-0.3, -0.25) is 19.7 Å². The van der Waals surface area contributed by atoms with Crippen LogP contribution in [0.5, 0.6) is 0 Å². The summed E-state index contributed by atoms with van der Waals surface area (Å²) in [6.45, 7) is 0.881. The zero-order valence-corrected chi connectivity index (χ0v) is 15.3. The van der Waals surface area contributed by atoms with Crippen LogP contribution in [-0.4, -0.2) is 53.7 Å². The first-order chi connectivity index (χ1) is 13.3. The van der Waals surface area contributed by atoms with Gasteiger partial charge in [0.1, 0.15) is 6.04 Å². The van der Waals surface area contributed by atoms with E-state index in [-0.39, 0.29) is 37.2 Å². The van der Waals surface area contributed by atoms with Gasteiger partial charge in [-0.05, 0) is 23.6 Å². The normalized spacial score (nSPS) is 26.9. The second-order valence-electron chi connectivity index (χ2n) is 7.66. The van der Waals surface area contributed by atoms with Crippen LogP contribution in [0.4, 0.5) is 8.78 Å². The van der Waals surface area contributed by atoms with Crippen LogP contribution in [0.1, 0.15) is 40.7 Å². The van der Waals surface area contributed by atoms with Gasteiger partial charge < -0.3 is 15.5 Å². The molecule has 3 aliphatic heterocycles. The molecular weight excluding hydrogens is 370 g/mol. The minimum Gasteiger partial charge on any atom is -0.322 e. The van der Waals surface area contributed by atoms with Crippen molar-refractivity contribution in [2.75, 3.05) is 13.1 Å². The molecule has 0 aliphatic carbocycles. The fourth-order valence-corrected chi connectivity index (χ4v) is 4.05. The number of hydrogen-bond donors (Lipinski definition) is 3. The average molecular weight is 392 g/mol. The quantitative estimate of drug-likeness (QED) is 0.651. The van der Waals surface area contributed by atoms with Gasteiger partial charge in [0.05, 0.1) is 6.54 Å². The van der Waals surface area contributed by atoms with E-state index in [1.165, 1.54) is 4.90 Å². The molecular formula is C19H22F2N4O3. The van der Waals surface area contributed by atoms with Crippen molar-refractivity contribution in [1.82, 2.24) is 20.9 Å². The van der Waals surface area contributed by atoms with E-state index in [1.807, 2.05) is 12.1 Å². The SMILES string of the molecule is O=C1CCC(N2Cc3ccc(CNC4CNCC(F)(F)C4)cc3C2=O)C(=O)N1. The predicted octanol–water partition coefficient (Wildman–Crippen LogP) is 0.534. The highest BCUT2D eigenvalue weighted by molar-refractivity contribution is 6.05. The topological polar surface area (TPSA) is 90.5 Å². The van der Waals surface area contributed by atoms with Crippen molar-refractivity contribution in [1.29, 1.82) is 0 Å². The number of halogens is 2. The van der Waals surface area contributed by atoms with Crippen molar-refractivity contribution in [2.24, 2.45) is 0 Å². The molecule has 3 N–H and O–H groups in total. The van der Waals surface area contributed by atoms with Crippen LogP contribution in [0.25, 0.3) is 0 Å². The summed E-state index contributed by atoms with van der Waals surface area (Å²) >= 11 is 0. The lowest BCUT2D eigenvalue weighted by atomic mass is 10.0. The molecule has 1 aromatic carbocycles. The lowest BCUT2D eigenvalue weighted by molar-refractivity contribution is -0.136. The van der Waals surface area contributed by atoms with Gasteiger partial charge in [0, 0.05) is 44.1 Å². The van der Waals surface area contributed by atoms with Crippen molar-refractivity contribution in [2.45, 2.75) is 50.4 Å². The highest BCUT2D eigenvalue weighted by Crippen LogP contribution is 2.28. The summed E-state index contributed by atoms with van der Waals surface area (Å²) in [5, 5.41) is 8.12. The van der Waals surface area contributed by atoms with Gasteiger partial charge in [0.25, 0.3) is 11.8 Å². The molecule has 3 amide bonds. The van der Waals surface area contributed by atoms with E-state index < -0.39 is 17.9 Å². The van der Waals surface area contributed by atoms with Gasteiger partial charge in [-0.2, -0.15) is 0 Å². The molecule has 9 heteroatoms. The number of benzene rings is 1. The first kappa shape index (κ1) is 18.9. The van der Waals surface area contributed by atoms with E-state index in [2.05, 4.69) is 16.0 Å². The van der Waals surface area contributed by atoms with Crippen LogP contribution in [0, 0.1) is 0 Å². The molecule has 150 valence electrons. The molecule has 28 heavy (non-hydrogen) atoms. The predicted molar refractivity (Wildman–Crippen MR) is 95.5 cm³/mol. The van der Waals surface area contributed by atoms with Gasteiger partial charge in [0.15, 0.2) is 0 Å². The third kappa shape index (κ3) is 3.77. The summed E-state index contributed by atoms with van der Waals surface area (Å²) in [7, 11) is 0. The summed E-state index contributed by atoms with van der Waals surface area (Å²) in [5.74, 6) is -3.71. The Kier molecular flexibility index (Phi) is 4.88. The molecule has 3 aliphatic rings. The van der Waals surface area contributed by atoms with Crippen LogP contribution in [0.15, 0.2) is 18.2 Å². The molecule has 0 spiro atoms. The van der Waals surface area contributed by atoms with Gasteiger partial charge >= 0.3 is 0 Å². The standard InChI is InChI=1S/C19H22F2N4O3/c20-19(21)6-13(8-22-10-19)23-7-11-1-2-12-9-25(18(28)14(12)5-11)15-3-4-16(26)24-17(15)27/h1-2,5,13,15,22-23H,3-4,6-10H2,(H,24,26,27). The van der Waals surface area contributed by atoms with Crippen molar-refractivity contribution in [3.8, 4) is 0 Å². The third-order valence-electron chi connectivity index (χ3n) is 5.51. The molecule has 2 unspecified atom stereocenters. The maximum absolute atomic E-state index is 13.5. The largest absolute Gasteiger partial charge is 0.322 e. The molecule has 1 aromatic rings. The van der Waals surface area contributed by atoms with Crippen molar-refractivity contribution >= 4 is 17.7 Å². The maximum atomic E-state index is 13.5. The Balaban J connectivity index is 1.41. The summed E-state index contributed by atoms with van der Waals surface area (Å²) in [4.78, 5) is 37.7. The molecule has 0 bridgehead atoms. The zero-order valence-electron chi connectivity index (χ0n) is 15.3. The number of fused-ring (bicyclic) bond motifs is 1. The summed E-state index contributed by atoms with van der Waals surface area (Å²) in [5.41, 5.74) is 2.17. The van der Waals surface area contributed by atoms with E-state index >= 15 is 0 Å². The number of hydrogen-bond acceptors (Lipinski definition) is 5. The first-order valence-electron chi connectivity index (χ1n) is 9.41. The minimum absolute atomic E-state index is 0.214. The van der Waals surface area contributed by atoms with Crippen LogP contribution in [0.2, 0.25) is 0 Å².